The van der Waals surface area contributed by atoms with Gasteiger partial charge in [-0.05, 0) is 12.1 Å². The summed E-state index contributed by atoms with van der Waals surface area (Å²) in [5, 5.41) is 2.73. The molecule has 98 valence electrons. The average molecular weight is 259 g/mol. The Labute approximate surface area is 110 Å². The number of anilines is 1. The van der Waals surface area contributed by atoms with Crippen LogP contribution in [0.2, 0.25) is 0 Å². The average Bonchev–Trinajstić information content (AvgIpc) is 2.48. The van der Waals surface area contributed by atoms with Crippen molar-refractivity contribution in [3.05, 3.63) is 42.5 Å². The molecule has 1 aromatic heterocycles. The quantitative estimate of drug-likeness (QED) is 0.905. The predicted octanol–water partition coefficient (Wildman–Crippen LogP) is 1.75. The van der Waals surface area contributed by atoms with E-state index in [1.807, 2.05) is 0 Å². The minimum absolute atomic E-state index is 0.313. The number of benzene rings is 1. The van der Waals surface area contributed by atoms with E-state index in [1.165, 1.54) is 25.8 Å². The minimum Gasteiger partial charge on any atom is -0.497 e. The summed E-state index contributed by atoms with van der Waals surface area (Å²) in [6.07, 6.45) is 4.24. The molecular weight excluding hydrogens is 246 g/mol. The molecule has 2 aromatic rings. The summed E-state index contributed by atoms with van der Waals surface area (Å²) in [7, 11) is 3.08. The zero-order chi connectivity index (χ0) is 13.7. The van der Waals surface area contributed by atoms with E-state index in [4.69, 9.17) is 9.47 Å². The summed E-state index contributed by atoms with van der Waals surface area (Å²) < 4.78 is 10.3. The van der Waals surface area contributed by atoms with Gasteiger partial charge in [-0.25, -0.2) is 9.97 Å². The molecule has 19 heavy (non-hydrogen) atoms. The van der Waals surface area contributed by atoms with Crippen molar-refractivity contribution in [2.45, 2.75) is 0 Å². The van der Waals surface area contributed by atoms with Crippen LogP contribution in [0.4, 0.5) is 5.69 Å². The van der Waals surface area contributed by atoms with Crippen molar-refractivity contribution >= 4 is 11.6 Å². The van der Waals surface area contributed by atoms with Crippen LogP contribution in [0.5, 0.6) is 11.5 Å². The first kappa shape index (κ1) is 12.8. The Kier molecular flexibility index (Phi) is 3.92. The van der Waals surface area contributed by atoms with Crippen molar-refractivity contribution in [1.82, 2.24) is 9.97 Å². The second-order valence-corrected chi connectivity index (χ2v) is 3.65. The van der Waals surface area contributed by atoms with Crippen LogP contribution in [0.3, 0.4) is 0 Å². The van der Waals surface area contributed by atoms with Gasteiger partial charge in [0.05, 0.1) is 25.5 Å². The molecule has 0 saturated heterocycles. The standard InChI is InChI=1S/C13H13N3O3/c1-18-10-3-4-12(19-2)11(5-10)16-13(17)9-6-14-8-15-7-9/h3-8H,1-2H3,(H,16,17). The molecule has 0 radical (unpaired) electrons. The third-order valence-corrected chi connectivity index (χ3v) is 2.48. The van der Waals surface area contributed by atoms with Gasteiger partial charge in [-0.2, -0.15) is 0 Å². The molecule has 6 heteroatoms. The Morgan fingerprint density at radius 2 is 1.89 bits per heavy atom. The SMILES string of the molecule is COc1ccc(OC)c(NC(=O)c2cncnc2)c1. The molecule has 0 spiro atoms. The van der Waals surface area contributed by atoms with Crippen LogP contribution in [0.1, 0.15) is 10.4 Å². The highest BCUT2D eigenvalue weighted by Gasteiger charge is 2.11. The molecule has 0 aliphatic heterocycles. The van der Waals surface area contributed by atoms with Gasteiger partial charge in [-0.3, -0.25) is 4.79 Å². The molecule has 0 aliphatic rings. The van der Waals surface area contributed by atoms with Gasteiger partial charge in [-0.15, -0.1) is 0 Å². The normalized spacial score (nSPS) is 9.79. The number of nitrogens with one attached hydrogen (secondary N) is 1. The fourth-order valence-electron chi connectivity index (χ4n) is 1.52. The Morgan fingerprint density at radius 1 is 1.16 bits per heavy atom. The summed E-state index contributed by atoms with van der Waals surface area (Å²) >= 11 is 0. The van der Waals surface area contributed by atoms with Crippen LogP contribution >= 0.6 is 0 Å². The van der Waals surface area contributed by atoms with Crippen molar-refractivity contribution in [3.63, 3.8) is 0 Å². The molecule has 0 saturated carbocycles. The number of amides is 1. The fourth-order valence-corrected chi connectivity index (χ4v) is 1.52. The highest BCUT2D eigenvalue weighted by molar-refractivity contribution is 6.04. The summed E-state index contributed by atoms with van der Waals surface area (Å²) in [6.45, 7) is 0. The summed E-state index contributed by atoms with van der Waals surface area (Å²) in [5.41, 5.74) is 0.892. The Morgan fingerprint density at radius 3 is 2.53 bits per heavy atom. The zero-order valence-electron chi connectivity index (χ0n) is 10.6. The number of methoxy groups -OCH3 is 2. The molecule has 1 aromatic carbocycles. The second kappa shape index (κ2) is 5.81. The molecular formula is C13H13N3O3. The molecule has 1 heterocycles. The number of aromatic nitrogens is 2. The van der Waals surface area contributed by atoms with Gasteiger partial charge >= 0.3 is 0 Å². The predicted molar refractivity (Wildman–Crippen MR) is 69.5 cm³/mol. The van der Waals surface area contributed by atoms with Gasteiger partial charge in [0.1, 0.15) is 17.8 Å². The lowest BCUT2D eigenvalue weighted by molar-refractivity contribution is 0.102. The first-order valence-corrected chi connectivity index (χ1v) is 5.53. The fraction of sp³-hybridized carbons (Fsp3) is 0.154. The topological polar surface area (TPSA) is 73.3 Å². The first-order chi connectivity index (χ1) is 9.24. The number of hydrogen-bond acceptors (Lipinski definition) is 5. The van der Waals surface area contributed by atoms with E-state index in [0.717, 1.165) is 0 Å². The molecule has 1 amide bonds. The van der Waals surface area contributed by atoms with E-state index in [2.05, 4.69) is 15.3 Å². The molecule has 0 atom stereocenters. The maximum Gasteiger partial charge on any atom is 0.258 e. The van der Waals surface area contributed by atoms with Crippen molar-refractivity contribution in [3.8, 4) is 11.5 Å². The van der Waals surface area contributed by atoms with Crippen LogP contribution in [0.25, 0.3) is 0 Å². The third kappa shape index (κ3) is 2.98. The molecule has 0 fully saturated rings. The van der Waals surface area contributed by atoms with E-state index >= 15 is 0 Å². The molecule has 1 N–H and O–H groups in total. The summed E-state index contributed by atoms with van der Waals surface area (Å²) in [4.78, 5) is 19.6. The van der Waals surface area contributed by atoms with E-state index < -0.39 is 0 Å². The van der Waals surface area contributed by atoms with Gasteiger partial charge in [0, 0.05) is 18.5 Å². The minimum atomic E-state index is -0.313. The van der Waals surface area contributed by atoms with Gasteiger partial charge < -0.3 is 14.8 Å². The lowest BCUT2D eigenvalue weighted by Crippen LogP contribution is -2.13. The van der Waals surface area contributed by atoms with Crippen molar-refractivity contribution in [2.24, 2.45) is 0 Å². The number of hydrogen-bond donors (Lipinski definition) is 1. The molecule has 0 aliphatic carbocycles. The smallest absolute Gasteiger partial charge is 0.258 e. The first-order valence-electron chi connectivity index (χ1n) is 5.53. The number of rotatable bonds is 4. The van der Waals surface area contributed by atoms with Crippen LogP contribution < -0.4 is 14.8 Å². The molecule has 2 rings (SSSR count). The van der Waals surface area contributed by atoms with Gasteiger partial charge in [0.15, 0.2) is 0 Å². The summed E-state index contributed by atoms with van der Waals surface area (Å²) in [6, 6.07) is 5.15. The zero-order valence-corrected chi connectivity index (χ0v) is 10.6. The van der Waals surface area contributed by atoms with Gasteiger partial charge in [-0.1, -0.05) is 0 Å². The number of carbonyl (C=O) groups is 1. The van der Waals surface area contributed by atoms with Crippen molar-refractivity contribution in [2.75, 3.05) is 19.5 Å². The van der Waals surface area contributed by atoms with E-state index in [9.17, 15) is 4.79 Å². The lowest BCUT2D eigenvalue weighted by Gasteiger charge is -2.11. The van der Waals surface area contributed by atoms with Crippen LogP contribution in [0, 0.1) is 0 Å². The van der Waals surface area contributed by atoms with E-state index in [1.54, 1.807) is 25.3 Å². The molecule has 6 nitrogen and oxygen atoms in total. The van der Waals surface area contributed by atoms with Crippen molar-refractivity contribution in [1.29, 1.82) is 0 Å². The Balaban J connectivity index is 2.25. The third-order valence-electron chi connectivity index (χ3n) is 2.48. The Bertz CT molecular complexity index is 573. The van der Waals surface area contributed by atoms with Gasteiger partial charge in [0.2, 0.25) is 0 Å². The second-order valence-electron chi connectivity index (χ2n) is 3.65. The highest BCUT2D eigenvalue weighted by Crippen LogP contribution is 2.29. The van der Waals surface area contributed by atoms with Crippen LogP contribution in [-0.4, -0.2) is 30.1 Å². The highest BCUT2D eigenvalue weighted by atomic mass is 16.5. The Hall–Kier alpha value is -2.63. The number of ether oxygens (including phenoxy) is 2. The van der Waals surface area contributed by atoms with Crippen LogP contribution in [0.15, 0.2) is 36.9 Å². The van der Waals surface area contributed by atoms with Gasteiger partial charge in [0.25, 0.3) is 5.91 Å². The van der Waals surface area contributed by atoms with E-state index in [0.29, 0.717) is 22.7 Å². The lowest BCUT2D eigenvalue weighted by atomic mass is 10.2. The monoisotopic (exact) mass is 259 g/mol. The largest absolute Gasteiger partial charge is 0.497 e. The molecule has 0 unspecified atom stereocenters. The number of nitrogens with zero attached hydrogens (tertiary/aromatic N) is 2. The van der Waals surface area contributed by atoms with E-state index in [-0.39, 0.29) is 5.91 Å². The maximum absolute atomic E-state index is 12.0. The maximum atomic E-state index is 12.0. The number of carbonyl (C=O) groups excluding carboxylic acids is 1. The molecule has 0 bridgehead atoms. The van der Waals surface area contributed by atoms with Crippen LogP contribution in [-0.2, 0) is 0 Å². The summed E-state index contributed by atoms with van der Waals surface area (Å²) in [5.74, 6) is 0.860. The van der Waals surface area contributed by atoms with Crippen molar-refractivity contribution < 1.29 is 14.3 Å².